The maximum Gasteiger partial charge on any atom is 0.124 e. The maximum absolute atomic E-state index is 13.5. The Labute approximate surface area is 141 Å². The van der Waals surface area contributed by atoms with Crippen LogP contribution in [-0.4, -0.2) is 4.98 Å². The molecule has 22 heavy (non-hydrogen) atoms. The second-order valence-electron chi connectivity index (χ2n) is 4.45. The molecule has 0 fully saturated rings. The Hall–Kier alpha value is -2.16. The van der Waals surface area contributed by atoms with Gasteiger partial charge in [0, 0.05) is 21.7 Å². The third-order valence-electron chi connectivity index (χ3n) is 3.06. The summed E-state index contributed by atoms with van der Waals surface area (Å²) in [5, 5.41) is 13.0. The smallest absolute Gasteiger partial charge is 0.124 e. The Kier molecular flexibility index (Phi) is 4.96. The summed E-state index contributed by atoms with van der Waals surface area (Å²) in [5.41, 5.74) is 2.38. The Morgan fingerprint density at radius 2 is 1.86 bits per heavy atom. The number of hydrogen-bond donors (Lipinski definition) is 1. The molecule has 1 N–H and O–H groups in total. The topological polar surface area (TPSA) is 48.7 Å². The van der Waals surface area contributed by atoms with Crippen molar-refractivity contribution in [3.8, 4) is 6.07 Å². The van der Waals surface area contributed by atoms with Gasteiger partial charge in [-0.1, -0.05) is 15.9 Å². The molecule has 1 aromatic heterocycles. The summed E-state index contributed by atoms with van der Waals surface area (Å²) in [6.07, 6.45) is 1.49. The van der Waals surface area contributed by atoms with E-state index in [1.807, 2.05) is 24.3 Å². The van der Waals surface area contributed by atoms with Gasteiger partial charge in [-0.3, -0.25) is 4.98 Å². The fourth-order valence-electron chi connectivity index (χ4n) is 2.06. The van der Waals surface area contributed by atoms with Gasteiger partial charge in [0.25, 0.3) is 0 Å². The first kappa shape index (κ1) is 16.2. The number of anilines is 2. The average molecular weight is 379 g/mol. The number of nitrogens with zero attached hydrogens (tertiary/aromatic N) is 2. The number of hydrogen-bond acceptors (Lipinski definition) is 3. The van der Waals surface area contributed by atoms with E-state index in [2.05, 4.69) is 32.3 Å². The van der Waals surface area contributed by atoms with Crippen molar-refractivity contribution in [1.82, 2.24) is 4.98 Å². The number of halogens is 3. The van der Waals surface area contributed by atoms with E-state index >= 15 is 0 Å². The molecule has 3 aromatic rings. The molecule has 0 aliphatic heterocycles. The number of nitriles is 1. The van der Waals surface area contributed by atoms with Crippen molar-refractivity contribution < 1.29 is 4.39 Å². The molecule has 0 amide bonds. The predicted octanol–water partition coefficient (Wildman–Crippen LogP) is 5.17. The number of rotatable bonds is 2. The molecule has 110 valence electrons. The van der Waals surface area contributed by atoms with E-state index in [0.717, 1.165) is 10.2 Å². The van der Waals surface area contributed by atoms with Crippen molar-refractivity contribution >= 4 is 50.6 Å². The van der Waals surface area contributed by atoms with E-state index in [9.17, 15) is 9.65 Å². The molecule has 0 atom stereocenters. The fraction of sp³-hybridized carbons (Fsp3) is 0. The van der Waals surface area contributed by atoms with Crippen molar-refractivity contribution in [3.63, 3.8) is 0 Å². The normalized spacial score (nSPS) is 9.86. The highest BCUT2D eigenvalue weighted by molar-refractivity contribution is 9.10. The zero-order valence-electron chi connectivity index (χ0n) is 11.2. The van der Waals surface area contributed by atoms with Crippen LogP contribution in [0.25, 0.3) is 10.9 Å². The van der Waals surface area contributed by atoms with Gasteiger partial charge < -0.3 is 5.32 Å². The molecule has 0 radical (unpaired) electrons. The van der Waals surface area contributed by atoms with Crippen LogP contribution in [0.4, 0.5) is 15.8 Å². The number of aromatic nitrogens is 1. The first-order valence-electron chi connectivity index (χ1n) is 6.18. The Balaban J connectivity index is 0.00000176. The van der Waals surface area contributed by atoms with Gasteiger partial charge in [-0.15, -0.1) is 12.4 Å². The molecule has 0 saturated carbocycles. The van der Waals surface area contributed by atoms with Crippen LogP contribution in [0.5, 0.6) is 0 Å². The lowest BCUT2D eigenvalue weighted by atomic mass is 10.1. The lowest BCUT2D eigenvalue weighted by Gasteiger charge is -2.11. The van der Waals surface area contributed by atoms with E-state index < -0.39 is 0 Å². The summed E-state index contributed by atoms with van der Waals surface area (Å²) in [6.45, 7) is 0. The molecule has 2 aromatic carbocycles. The van der Waals surface area contributed by atoms with Gasteiger partial charge in [0.1, 0.15) is 11.9 Å². The molecule has 0 spiro atoms. The van der Waals surface area contributed by atoms with Crippen molar-refractivity contribution in [2.75, 3.05) is 5.32 Å². The minimum Gasteiger partial charge on any atom is -0.354 e. The third-order valence-corrected chi connectivity index (χ3v) is 3.59. The summed E-state index contributed by atoms with van der Waals surface area (Å²) in [5.74, 6) is -0.363. The van der Waals surface area contributed by atoms with E-state index in [0.29, 0.717) is 22.2 Å². The van der Waals surface area contributed by atoms with Crippen LogP contribution < -0.4 is 5.32 Å². The van der Waals surface area contributed by atoms with Gasteiger partial charge in [0.05, 0.1) is 16.8 Å². The van der Waals surface area contributed by atoms with Crippen LogP contribution >= 0.6 is 28.3 Å². The van der Waals surface area contributed by atoms with Crippen LogP contribution in [0.15, 0.2) is 53.1 Å². The lowest BCUT2D eigenvalue weighted by molar-refractivity contribution is 0.629. The Morgan fingerprint density at radius 3 is 2.55 bits per heavy atom. The summed E-state index contributed by atoms with van der Waals surface area (Å²) in [6, 6.07) is 13.9. The number of nitrogens with one attached hydrogen (secondary N) is 1. The van der Waals surface area contributed by atoms with Gasteiger partial charge in [-0.25, -0.2) is 4.39 Å². The van der Waals surface area contributed by atoms with Crippen LogP contribution in [0.2, 0.25) is 0 Å². The summed E-state index contributed by atoms with van der Waals surface area (Å²) < 4.78 is 14.5. The van der Waals surface area contributed by atoms with Crippen molar-refractivity contribution in [2.45, 2.75) is 0 Å². The molecule has 3 rings (SSSR count). The minimum absolute atomic E-state index is 0. The molecular weight excluding hydrogens is 369 g/mol. The average Bonchev–Trinajstić information content (AvgIpc) is 2.50. The van der Waals surface area contributed by atoms with Gasteiger partial charge in [0.15, 0.2) is 0 Å². The standard InChI is InChI=1S/C16H9BrFN3.ClH/c17-11-1-4-13(5-2-11)21-16-10(8-19)9-20-15-6-3-12(18)7-14(15)16;/h1-7,9H,(H,20,21);1H. The molecular formula is C16H10BrClFN3. The second kappa shape index (κ2) is 6.73. The monoisotopic (exact) mass is 377 g/mol. The first-order chi connectivity index (χ1) is 10.2. The highest BCUT2D eigenvalue weighted by Gasteiger charge is 2.10. The Bertz CT molecular complexity index is 860. The van der Waals surface area contributed by atoms with Crippen LogP contribution in [0.1, 0.15) is 5.56 Å². The second-order valence-corrected chi connectivity index (χ2v) is 5.37. The van der Waals surface area contributed by atoms with Gasteiger partial charge in [-0.2, -0.15) is 5.26 Å². The van der Waals surface area contributed by atoms with Gasteiger partial charge >= 0.3 is 0 Å². The van der Waals surface area contributed by atoms with E-state index in [4.69, 9.17) is 0 Å². The number of fused-ring (bicyclic) bond motifs is 1. The first-order valence-corrected chi connectivity index (χ1v) is 6.97. The Morgan fingerprint density at radius 1 is 1.14 bits per heavy atom. The summed E-state index contributed by atoms with van der Waals surface area (Å²) in [7, 11) is 0. The molecule has 0 aliphatic rings. The zero-order valence-corrected chi connectivity index (χ0v) is 13.6. The van der Waals surface area contributed by atoms with Crippen LogP contribution in [0, 0.1) is 17.1 Å². The van der Waals surface area contributed by atoms with E-state index in [1.54, 1.807) is 6.07 Å². The third kappa shape index (κ3) is 3.19. The molecule has 3 nitrogen and oxygen atoms in total. The number of pyridine rings is 1. The maximum atomic E-state index is 13.5. The number of benzene rings is 2. The molecule has 0 unspecified atom stereocenters. The van der Waals surface area contributed by atoms with Crippen molar-refractivity contribution in [2.24, 2.45) is 0 Å². The van der Waals surface area contributed by atoms with Crippen LogP contribution in [-0.2, 0) is 0 Å². The zero-order chi connectivity index (χ0) is 14.8. The predicted molar refractivity (Wildman–Crippen MR) is 91.1 cm³/mol. The van der Waals surface area contributed by atoms with Gasteiger partial charge in [0.2, 0.25) is 0 Å². The SMILES string of the molecule is Cl.N#Cc1cnc2ccc(F)cc2c1Nc1ccc(Br)cc1. The molecule has 6 heteroatoms. The highest BCUT2D eigenvalue weighted by atomic mass is 79.9. The van der Waals surface area contributed by atoms with Crippen molar-refractivity contribution in [3.05, 3.63) is 64.5 Å². The molecule has 0 saturated heterocycles. The van der Waals surface area contributed by atoms with E-state index in [1.165, 1.54) is 18.3 Å². The molecule has 0 aliphatic carbocycles. The van der Waals surface area contributed by atoms with Gasteiger partial charge in [-0.05, 0) is 42.5 Å². The highest BCUT2D eigenvalue weighted by Crippen LogP contribution is 2.29. The minimum atomic E-state index is -0.363. The largest absolute Gasteiger partial charge is 0.354 e. The summed E-state index contributed by atoms with van der Waals surface area (Å²) >= 11 is 3.37. The fourth-order valence-corrected chi connectivity index (χ4v) is 2.33. The van der Waals surface area contributed by atoms with E-state index in [-0.39, 0.29) is 18.2 Å². The quantitative estimate of drug-likeness (QED) is 0.669. The van der Waals surface area contributed by atoms with Crippen LogP contribution in [0.3, 0.4) is 0 Å². The summed E-state index contributed by atoms with van der Waals surface area (Å²) in [4.78, 5) is 4.17. The molecule has 1 heterocycles. The lowest BCUT2D eigenvalue weighted by Crippen LogP contribution is -1.97. The molecule has 0 bridgehead atoms. The van der Waals surface area contributed by atoms with Crippen molar-refractivity contribution in [1.29, 1.82) is 5.26 Å².